The first-order chi connectivity index (χ1) is 20.5. The van der Waals surface area contributed by atoms with Crippen molar-refractivity contribution in [2.24, 2.45) is 0 Å². The van der Waals surface area contributed by atoms with E-state index >= 15 is 4.39 Å². The first kappa shape index (κ1) is 30.3. The molecular formula is C27H30FN6O8P. The zero-order valence-corrected chi connectivity index (χ0v) is 24.4. The first-order valence-electron chi connectivity index (χ1n) is 13.3. The molecule has 1 aliphatic heterocycles. The van der Waals surface area contributed by atoms with E-state index in [1.54, 1.807) is 31.2 Å². The Morgan fingerprint density at radius 3 is 2.74 bits per heavy atom. The van der Waals surface area contributed by atoms with E-state index in [4.69, 9.17) is 29.0 Å². The Kier molecular flexibility index (Phi) is 8.60. The first-order valence-corrected chi connectivity index (χ1v) is 14.8. The third-order valence-electron chi connectivity index (χ3n) is 6.74. The van der Waals surface area contributed by atoms with Gasteiger partial charge in [-0.1, -0.05) is 36.4 Å². The second-order valence-electron chi connectivity index (χ2n) is 9.80. The van der Waals surface area contributed by atoms with E-state index < -0.39 is 56.8 Å². The number of hydrogen-bond donors (Lipinski definition) is 2. The molecule has 2 aromatic carbocycles. The fourth-order valence-electron chi connectivity index (χ4n) is 4.83. The molecule has 1 aliphatic rings. The maximum absolute atomic E-state index is 16.5. The molecule has 0 bridgehead atoms. The summed E-state index contributed by atoms with van der Waals surface area (Å²) in [5.41, 5.74) is 3.90. The number of ether oxygens (including phenoxy) is 3. The van der Waals surface area contributed by atoms with E-state index in [0.717, 1.165) is 12.3 Å². The van der Waals surface area contributed by atoms with Crippen LogP contribution in [0.3, 0.4) is 0 Å². The lowest BCUT2D eigenvalue weighted by Gasteiger charge is -2.27. The van der Waals surface area contributed by atoms with E-state index in [1.807, 2.05) is 18.2 Å². The van der Waals surface area contributed by atoms with Crippen LogP contribution in [0.25, 0.3) is 16.4 Å². The van der Waals surface area contributed by atoms with Crippen LogP contribution < -0.4 is 15.3 Å². The van der Waals surface area contributed by atoms with E-state index in [2.05, 4.69) is 20.2 Å². The number of carbonyl (C=O) groups is 2. The van der Waals surface area contributed by atoms with Crippen LogP contribution in [0.2, 0.25) is 0 Å². The third kappa shape index (κ3) is 6.30. The van der Waals surface area contributed by atoms with Crippen LogP contribution in [0.4, 0.5) is 10.2 Å². The Bertz CT molecular complexity index is 1700. The van der Waals surface area contributed by atoms with Crippen molar-refractivity contribution < 1.29 is 41.8 Å². The number of nitrogens with zero attached hydrogens (tertiary/aromatic N) is 4. The van der Waals surface area contributed by atoms with Gasteiger partial charge in [-0.2, -0.15) is 5.10 Å². The van der Waals surface area contributed by atoms with E-state index in [9.17, 15) is 14.2 Å². The van der Waals surface area contributed by atoms with E-state index in [0.29, 0.717) is 5.39 Å². The van der Waals surface area contributed by atoms with Crippen LogP contribution in [-0.2, 0) is 32.9 Å². The molecule has 3 N–H and O–H groups in total. The molecule has 43 heavy (non-hydrogen) atoms. The molecule has 5 rings (SSSR count). The number of aromatic nitrogens is 4. The van der Waals surface area contributed by atoms with Gasteiger partial charge in [0.2, 0.25) is 0 Å². The number of fused-ring (bicyclic) bond motifs is 2. The highest BCUT2D eigenvalue weighted by Gasteiger charge is 2.58. The van der Waals surface area contributed by atoms with Gasteiger partial charge in [-0.3, -0.25) is 14.1 Å². The quantitative estimate of drug-likeness (QED) is 0.185. The highest BCUT2D eigenvalue weighted by atomic mass is 31.2. The van der Waals surface area contributed by atoms with Gasteiger partial charge in [-0.25, -0.2) is 28.5 Å². The number of nitrogen functional groups attached to an aromatic ring is 1. The number of nitrogens with two attached hydrogens (primary N) is 1. The van der Waals surface area contributed by atoms with E-state index in [1.165, 1.54) is 24.0 Å². The van der Waals surface area contributed by atoms with Crippen LogP contribution >= 0.6 is 7.75 Å². The predicted octanol–water partition coefficient (Wildman–Crippen LogP) is 3.32. The minimum atomic E-state index is -4.35. The molecule has 0 amide bonds. The van der Waals surface area contributed by atoms with Crippen molar-refractivity contribution >= 4 is 41.9 Å². The Labute approximate surface area is 245 Å². The SMILES string of the molecule is CCOC(=O)CNP(=O)(OCC1OC(c2cnc3c(N)ncnn23)C(C)(F)C1OC(C)=O)Oc1cccc2ccccc12. The van der Waals surface area contributed by atoms with Crippen molar-refractivity contribution in [2.45, 2.75) is 44.8 Å². The van der Waals surface area contributed by atoms with Crippen LogP contribution in [0.1, 0.15) is 32.6 Å². The summed E-state index contributed by atoms with van der Waals surface area (Å²) in [6.45, 7) is 2.97. The number of hydrogen-bond acceptors (Lipinski definition) is 12. The molecule has 16 heteroatoms. The minimum Gasteiger partial charge on any atom is -0.465 e. The van der Waals surface area contributed by atoms with Gasteiger partial charge in [0.1, 0.15) is 30.8 Å². The smallest absolute Gasteiger partial charge is 0.459 e. The van der Waals surface area contributed by atoms with Crippen LogP contribution in [0.15, 0.2) is 55.0 Å². The molecule has 4 aromatic rings. The average Bonchev–Trinajstić information content (AvgIpc) is 3.50. The lowest BCUT2D eigenvalue weighted by Crippen LogP contribution is -2.43. The minimum absolute atomic E-state index is 0.0652. The molecule has 5 unspecified atom stereocenters. The van der Waals surface area contributed by atoms with Gasteiger partial charge in [0.15, 0.2) is 23.2 Å². The topological polar surface area (TPSA) is 178 Å². The summed E-state index contributed by atoms with van der Waals surface area (Å²) >= 11 is 0. The Morgan fingerprint density at radius 1 is 1.21 bits per heavy atom. The maximum atomic E-state index is 16.5. The number of benzene rings is 2. The monoisotopic (exact) mass is 616 g/mol. The van der Waals surface area contributed by atoms with Gasteiger partial charge >= 0.3 is 19.7 Å². The molecule has 5 atom stereocenters. The molecule has 0 radical (unpaired) electrons. The van der Waals surface area contributed by atoms with Gasteiger partial charge in [0.05, 0.1) is 25.1 Å². The van der Waals surface area contributed by atoms with Crippen LogP contribution in [-0.4, -0.2) is 69.2 Å². The summed E-state index contributed by atoms with van der Waals surface area (Å²) in [6.07, 6.45) is -1.64. The fourth-order valence-corrected chi connectivity index (χ4v) is 6.13. The molecule has 2 aromatic heterocycles. The van der Waals surface area contributed by atoms with Crippen molar-refractivity contribution in [2.75, 3.05) is 25.5 Å². The number of carbonyl (C=O) groups excluding carboxylic acids is 2. The highest BCUT2D eigenvalue weighted by Crippen LogP contribution is 2.50. The van der Waals surface area contributed by atoms with Crippen LogP contribution in [0, 0.1) is 0 Å². The van der Waals surface area contributed by atoms with Crippen molar-refractivity contribution in [3.8, 4) is 5.75 Å². The molecule has 228 valence electrons. The molecule has 1 fully saturated rings. The van der Waals surface area contributed by atoms with Gasteiger partial charge in [-0.05, 0) is 25.3 Å². The Morgan fingerprint density at radius 2 is 1.98 bits per heavy atom. The number of anilines is 1. The number of nitrogens with one attached hydrogen (secondary N) is 1. The van der Waals surface area contributed by atoms with E-state index in [-0.39, 0.29) is 29.5 Å². The molecule has 0 saturated carbocycles. The van der Waals surface area contributed by atoms with Crippen molar-refractivity contribution in [3.63, 3.8) is 0 Å². The lowest BCUT2D eigenvalue weighted by molar-refractivity contribution is -0.155. The zero-order valence-electron chi connectivity index (χ0n) is 23.5. The molecule has 3 heterocycles. The highest BCUT2D eigenvalue weighted by molar-refractivity contribution is 7.52. The van der Waals surface area contributed by atoms with Gasteiger partial charge in [0.25, 0.3) is 0 Å². The second kappa shape index (κ2) is 12.2. The van der Waals surface area contributed by atoms with Gasteiger partial charge in [0, 0.05) is 12.3 Å². The number of alkyl halides is 1. The number of halogens is 1. The van der Waals surface area contributed by atoms with Gasteiger partial charge in [-0.15, -0.1) is 0 Å². The second-order valence-corrected chi connectivity index (χ2v) is 11.6. The molecule has 0 spiro atoms. The normalized spacial score (nSPS) is 23.2. The van der Waals surface area contributed by atoms with Crippen LogP contribution in [0.5, 0.6) is 5.75 Å². The Hall–Kier alpha value is -4.17. The summed E-state index contributed by atoms with van der Waals surface area (Å²) in [5.74, 6) is -1.20. The summed E-state index contributed by atoms with van der Waals surface area (Å²) < 4.78 is 59.7. The molecule has 1 saturated heterocycles. The lowest BCUT2D eigenvalue weighted by atomic mass is 9.93. The fraction of sp³-hybridized carbons (Fsp3) is 0.370. The molecular weight excluding hydrogens is 586 g/mol. The summed E-state index contributed by atoms with van der Waals surface area (Å²) in [7, 11) is -4.35. The maximum Gasteiger partial charge on any atom is 0.459 e. The standard InChI is InChI=1S/C27H30FN6O8P/c1-4-38-22(36)13-33-43(37,42-20-11-7-9-17-8-5-6-10-18(17)20)39-14-21-24(40-16(2)35)27(3,28)23(41-21)19-12-30-26-25(29)31-15-32-34(19)26/h5-12,15,21,23-24H,4,13-14H2,1-3H3,(H,33,37)(H2,29,31,32). The van der Waals surface area contributed by atoms with Crippen molar-refractivity contribution in [3.05, 3.63) is 60.7 Å². The summed E-state index contributed by atoms with van der Waals surface area (Å²) in [5, 5.41) is 8.03. The number of imidazole rings is 1. The van der Waals surface area contributed by atoms with Crippen molar-refractivity contribution in [1.29, 1.82) is 0 Å². The zero-order chi connectivity index (χ0) is 30.8. The number of rotatable bonds is 11. The molecule has 14 nitrogen and oxygen atoms in total. The number of esters is 2. The predicted molar refractivity (Wildman–Crippen MR) is 151 cm³/mol. The Balaban J connectivity index is 1.44. The third-order valence-corrected chi connectivity index (χ3v) is 8.21. The summed E-state index contributed by atoms with van der Waals surface area (Å²) in [4.78, 5) is 32.1. The van der Waals surface area contributed by atoms with Gasteiger partial charge < -0.3 is 24.5 Å². The average molecular weight is 617 g/mol. The summed E-state index contributed by atoms with van der Waals surface area (Å²) in [6, 6.07) is 12.4. The molecule has 0 aliphatic carbocycles. The van der Waals surface area contributed by atoms with Crippen molar-refractivity contribution in [1.82, 2.24) is 24.7 Å². The largest absolute Gasteiger partial charge is 0.465 e.